The van der Waals surface area contributed by atoms with Crippen LogP contribution in [0, 0.1) is 0 Å². The van der Waals surface area contributed by atoms with Crippen molar-refractivity contribution in [3.63, 3.8) is 0 Å². The molecule has 1 aromatic carbocycles. The summed E-state index contributed by atoms with van der Waals surface area (Å²) >= 11 is 0. The van der Waals surface area contributed by atoms with Gasteiger partial charge in [-0.25, -0.2) is 0 Å². The van der Waals surface area contributed by atoms with Crippen LogP contribution in [0.4, 0.5) is 0 Å². The molecular formula is C13H14KLiO4. The van der Waals surface area contributed by atoms with Crippen molar-refractivity contribution in [1.82, 2.24) is 0 Å². The van der Waals surface area contributed by atoms with Gasteiger partial charge in [-0.3, -0.25) is 0 Å². The zero-order valence-corrected chi connectivity index (χ0v) is 15.1. The van der Waals surface area contributed by atoms with E-state index in [1.807, 2.05) is 20.8 Å². The van der Waals surface area contributed by atoms with Crippen LogP contribution in [0.2, 0.25) is 0 Å². The Labute approximate surface area is 167 Å². The number of carboxylic acids is 2. The van der Waals surface area contributed by atoms with Crippen molar-refractivity contribution in [1.29, 1.82) is 0 Å². The number of carboxylic acid groups (broad SMARTS) is 2. The Morgan fingerprint density at radius 1 is 1.00 bits per heavy atom. The SMILES string of the molecule is CC(C)(C)c1ccc(C(C(=O)[O-])C(=O)[O-])cc1.[K+].[Li+]. The van der Waals surface area contributed by atoms with Crippen LogP contribution < -0.4 is 80.5 Å². The maximum Gasteiger partial charge on any atom is 1.00 e. The van der Waals surface area contributed by atoms with Crippen LogP contribution in [0.15, 0.2) is 24.3 Å². The fourth-order valence-electron chi connectivity index (χ4n) is 1.54. The monoisotopic (exact) mass is 280 g/mol. The molecule has 0 bridgehead atoms. The zero-order valence-electron chi connectivity index (χ0n) is 12.0. The van der Waals surface area contributed by atoms with Gasteiger partial charge in [0.1, 0.15) is 0 Å². The summed E-state index contributed by atoms with van der Waals surface area (Å²) in [6, 6.07) is 6.40. The molecule has 0 fully saturated rings. The number of rotatable bonds is 3. The molecule has 19 heavy (non-hydrogen) atoms. The van der Waals surface area contributed by atoms with Gasteiger partial charge in [0.2, 0.25) is 0 Å². The second-order valence-corrected chi connectivity index (χ2v) is 4.94. The Hall–Kier alpha value is 0.394. The van der Waals surface area contributed by atoms with Crippen molar-refractivity contribution in [2.24, 2.45) is 0 Å². The molecule has 0 N–H and O–H groups in total. The molecule has 0 aliphatic carbocycles. The number of carbonyl (C=O) groups excluding carboxylic acids is 2. The van der Waals surface area contributed by atoms with Crippen molar-refractivity contribution in [3.8, 4) is 0 Å². The van der Waals surface area contributed by atoms with E-state index >= 15 is 0 Å². The smallest absolute Gasteiger partial charge is 0.549 e. The Morgan fingerprint density at radius 2 is 1.37 bits per heavy atom. The van der Waals surface area contributed by atoms with Gasteiger partial charge in [-0.15, -0.1) is 0 Å². The number of benzene rings is 1. The van der Waals surface area contributed by atoms with Gasteiger partial charge < -0.3 is 19.8 Å². The molecule has 0 unspecified atom stereocenters. The summed E-state index contributed by atoms with van der Waals surface area (Å²) in [5.41, 5.74) is 1.09. The summed E-state index contributed by atoms with van der Waals surface area (Å²) < 4.78 is 0. The molecule has 0 atom stereocenters. The average Bonchev–Trinajstić information content (AvgIpc) is 2.15. The van der Waals surface area contributed by atoms with Crippen molar-refractivity contribution in [2.75, 3.05) is 0 Å². The van der Waals surface area contributed by atoms with Crippen LogP contribution in [0.3, 0.4) is 0 Å². The first-order valence-electron chi connectivity index (χ1n) is 5.25. The van der Waals surface area contributed by atoms with Crippen molar-refractivity contribution in [2.45, 2.75) is 32.1 Å². The van der Waals surface area contributed by atoms with Gasteiger partial charge in [-0.2, -0.15) is 0 Å². The molecule has 1 rings (SSSR count). The summed E-state index contributed by atoms with van der Waals surface area (Å²) in [6.45, 7) is 6.03. The van der Waals surface area contributed by atoms with E-state index in [0.29, 0.717) is 0 Å². The molecule has 0 saturated heterocycles. The van der Waals surface area contributed by atoms with Crippen LogP contribution in [-0.4, -0.2) is 11.9 Å². The third kappa shape index (κ3) is 6.13. The molecule has 0 aliphatic rings. The fourth-order valence-corrected chi connectivity index (χ4v) is 1.54. The molecule has 0 radical (unpaired) electrons. The molecule has 0 aliphatic heterocycles. The summed E-state index contributed by atoms with van der Waals surface area (Å²) in [6.07, 6.45) is 0. The second kappa shape index (κ2) is 8.63. The topological polar surface area (TPSA) is 80.3 Å². The van der Waals surface area contributed by atoms with Gasteiger partial charge in [0, 0.05) is 0 Å². The Balaban J connectivity index is 0. The van der Waals surface area contributed by atoms with E-state index in [1.54, 1.807) is 12.1 Å². The van der Waals surface area contributed by atoms with Gasteiger partial charge in [0.25, 0.3) is 0 Å². The van der Waals surface area contributed by atoms with E-state index in [0.717, 1.165) is 5.56 Å². The van der Waals surface area contributed by atoms with Crippen LogP contribution in [0.25, 0.3) is 0 Å². The van der Waals surface area contributed by atoms with E-state index in [-0.39, 0.29) is 81.2 Å². The molecule has 1 aromatic rings. The van der Waals surface area contributed by atoms with Gasteiger partial charge in [-0.1, -0.05) is 45.0 Å². The first kappa shape index (κ1) is 21.7. The Bertz CT molecular complexity index is 423. The predicted octanol–water partition coefficient (Wildman–Crippen LogP) is -6.42. The number of hydrogen-bond donors (Lipinski definition) is 0. The second-order valence-electron chi connectivity index (χ2n) is 4.94. The molecule has 0 amide bonds. The molecule has 0 aromatic heterocycles. The van der Waals surface area contributed by atoms with Crippen LogP contribution >= 0.6 is 0 Å². The molecule has 6 heteroatoms. The van der Waals surface area contributed by atoms with Gasteiger partial charge >= 0.3 is 70.2 Å². The summed E-state index contributed by atoms with van der Waals surface area (Å²) in [7, 11) is 0. The maximum absolute atomic E-state index is 10.7. The predicted molar refractivity (Wildman–Crippen MR) is 57.9 cm³/mol. The number of hydrogen-bond acceptors (Lipinski definition) is 4. The Morgan fingerprint density at radius 3 is 1.63 bits per heavy atom. The normalized spacial score (nSPS) is 10.3. The Kier molecular flexibility index (Phi) is 9.85. The van der Waals surface area contributed by atoms with Gasteiger partial charge in [0.15, 0.2) is 0 Å². The van der Waals surface area contributed by atoms with Crippen LogP contribution in [0.5, 0.6) is 0 Å². The first-order valence-corrected chi connectivity index (χ1v) is 5.25. The minimum atomic E-state index is -1.72. The zero-order chi connectivity index (χ0) is 13.2. The van der Waals surface area contributed by atoms with Crippen LogP contribution in [0.1, 0.15) is 37.8 Å². The molecule has 0 saturated carbocycles. The fraction of sp³-hybridized carbons (Fsp3) is 0.385. The van der Waals surface area contributed by atoms with Crippen molar-refractivity contribution < 1.29 is 90.0 Å². The molecular weight excluding hydrogens is 266 g/mol. The number of carbonyl (C=O) groups is 2. The molecule has 4 nitrogen and oxygen atoms in total. The summed E-state index contributed by atoms with van der Waals surface area (Å²) in [4.78, 5) is 21.4. The molecule has 0 spiro atoms. The largest absolute Gasteiger partial charge is 1.00 e. The quantitative estimate of drug-likeness (QED) is 0.407. The number of aliphatic carboxylic acids is 2. The van der Waals surface area contributed by atoms with Gasteiger partial charge in [-0.05, 0) is 16.5 Å². The standard InChI is InChI=1S/C13H16O4.K.Li/c1-13(2,3)9-6-4-8(5-7-9)10(11(14)15)12(16)17;;/h4-7,10H,1-3H3,(H,14,15)(H,16,17);;/q;2*+1/p-2. The minimum absolute atomic E-state index is 0. The third-order valence-corrected chi connectivity index (χ3v) is 2.58. The van der Waals surface area contributed by atoms with E-state index in [9.17, 15) is 19.8 Å². The van der Waals surface area contributed by atoms with Crippen molar-refractivity contribution >= 4 is 11.9 Å². The van der Waals surface area contributed by atoms with Crippen LogP contribution in [-0.2, 0) is 15.0 Å². The van der Waals surface area contributed by atoms with E-state index in [4.69, 9.17) is 0 Å². The average molecular weight is 280 g/mol. The minimum Gasteiger partial charge on any atom is -0.549 e. The van der Waals surface area contributed by atoms with E-state index in [2.05, 4.69) is 0 Å². The third-order valence-electron chi connectivity index (χ3n) is 2.58. The first-order chi connectivity index (χ1) is 7.73. The molecule has 0 heterocycles. The maximum atomic E-state index is 10.7. The molecule has 92 valence electrons. The van der Waals surface area contributed by atoms with Crippen molar-refractivity contribution in [3.05, 3.63) is 35.4 Å². The summed E-state index contributed by atoms with van der Waals surface area (Å²) in [5, 5.41) is 21.4. The van der Waals surface area contributed by atoms with Gasteiger partial charge in [0.05, 0.1) is 17.9 Å². The summed E-state index contributed by atoms with van der Waals surface area (Å²) in [5.74, 6) is -5.04. The van der Waals surface area contributed by atoms with E-state index < -0.39 is 17.9 Å². The van der Waals surface area contributed by atoms with E-state index in [1.165, 1.54) is 12.1 Å².